The van der Waals surface area contributed by atoms with Gasteiger partial charge in [-0.05, 0) is 19.4 Å². The molecule has 0 aromatic heterocycles. The number of rotatable bonds is 0. The van der Waals surface area contributed by atoms with Gasteiger partial charge in [0.1, 0.15) is 0 Å². The van der Waals surface area contributed by atoms with Crippen molar-refractivity contribution >= 4 is 0 Å². The van der Waals surface area contributed by atoms with Crippen LogP contribution in [0.3, 0.4) is 0 Å². The van der Waals surface area contributed by atoms with E-state index in [1.165, 1.54) is 12.0 Å². The van der Waals surface area contributed by atoms with Gasteiger partial charge in [0.15, 0.2) is 0 Å². The SMILES string of the molecule is CC.CC1=C(C)OCC1.CCC. The van der Waals surface area contributed by atoms with Gasteiger partial charge in [0.25, 0.3) is 0 Å². The first-order valence-corrected chi connectivity index (χ1v) is 5.01. The molecule has 12 heavy (non-hydrogen) atoms. The molecule has 0 atom stereocenters. The Morgan fingerprint density at radius 1 is 1.17 bits per heavy atom. The standard InChI is InChI=1S/C6H10O.C3H8.C2H6/c1-5-3-4-7-6(5)2;1-3-2;1-2/h3-4H2,1-2H3;3H2,1-2H3;1-2H3. The molecule has 0 spiro atoms. The fraction of sp³-hybridized carbons (Fsp3) is 0.818. The van der Waals surface area contributed by atoms with Crippen LogP contribution >= 0.6 is 0 Å². The van der Waals surface area contributed by atoms with Gasteiger partial charge in [0.05, 0.1) is 12.4 Å². The van der Waals surface area contributed by atoms with Gasteiger partial charge in [-0.25, -0.2) is 0 Å². The van der Waals surface area contributed by atoms with Crippen LogP contribution in [0.15, 0.2) is 11.3 Å². The van der Waals surface area contributed by atoms with E-state index >= 15 is 0 Å². The zero-order chi connectivity index (χ0) is 9.98. The highest BCUT2D eigenvalue weighted by Crippen LogP contribution is 2.16. The van der Waals surface area contributed by atoms with Crippen LogP contribution in [0.2, 0.25) is 0 Å². The summed E-state index contributed by atoms with van der Waals surface area (Å²) in [5.41, 5.74) is 1.40. The first-order valence-electron chi connectivity index (χ1n) is 5.01. The summed E-state index contributed by atoms with van der Waals surface area (Å²) in [5, 5.41) is 0. The van der Waals surface area contributed by atoms with Gasteiger partial charge in [0.2, 0.25) is 0 Å². The Bertz CT molecular complexity index is 102. The van der Waals surface area contributed by atoms with E-state index in [2.05, 4.69) is 20.8 Å². The minimum Gasteiger partial charge on any atom is -0.498 e. The second kappa shape index (κ2) is 10.5. The smallest absolute Gasteiger partial charge is 0.0919 e. The van der Waals surface area contributed by atoms with Crippen molar-refractivity contribution in [2.45, 2.75) is 54.4 Å². The van der Waals surface area contributed by atoms with Crippen LogP contribution in [0.4, 0.5) is 0 Å². The first kappa shape index (κ1) is 14.1. The lowest BCUT2D eigenvalue weighted by Crippen LogP contribution is -1.76. The molecule has 0 fully saturated rings. The van der Waals surface area contributed by atoms with Gasteiger partial charge in [-0.1, -0.05) is 34.1 Å². The van der Waals surface area contributed by atoms with Crippen LogP contribution in [0.5, 0.6) is 0 Å². The minimum atomic E-state index is 0.900. The van der Waals surface area contributed by atoms with Crippen molar-refractivity contribution in [2.24, 2.45) is 0 Å². The number of allylic oxidation sites excluding steroid dienone is 1. The molecule has 1 aliphatic heterocycles. The van der Waals surface area contributed by atoms with Crippen molar-refractivity contribution in [3.8, 4) is 0 Å². The van der Waals surface area contributed by atoms with Crippen molar-refractivity contribution < 1.29 is 4.74 Å². The topological polar surface area (TPSA) is 9.23 Å². The molecule has 1 rings (SSSR count). The molecule has 1 heterocycles. The maximum Gasteiger partial charge on any atom is 0.0919 e. The van der Waals surface area contributed by atoms with E-state index in [0.717, 1.165) is 18.8 Å². The van der Waals surface area contributed by atoms with Crippen LogP contribution in [-0.2, 0) is 4.74 Å². The van der Waals surface area contributed by atoms with Gasteiger partial charge < -0.3 is 4.74 Å². The van der Waals surface area contributed by atoms with Crippen LogP contribution < -0.4 is 0 Å². The molecule has 0 amide bonds. The molecule has 1 heteroatoms. The summed E-state index contributed by atoms with van der Waals surface area (Å²) in [6, 6.07) is 0. The molecule has 0 radical (unpaired) electrons. The highest BCUT2D eigenvalue weighted by molar-refractivity contribution is 5.06. The lowest BCUT2D eigenvalue weighted by atomic mass is 10.2. The third kappa shape index (κ3) is 7.64. The summed E-state index contributed by atoms with van der Waals surface area (Å²) in [4.78, 5) is 0. The summed E-state index contributed by atoms with van der Waals surface area (Å²) < 4.78 is 5.14. The molecule has 1 nitrogen and oxygen atoms in total. The summed E-state index contributed by atoms with van der Waals surface area (Å²) in [5.74, 6) is 1.12. The Labute approximate surface area is 77.8 Å². The molecule has 0 aliphatic carbocycles. The Kier molecular flexibility index (Phi) is 12.4. The molecule has 74 valence electrons. The quantitative estimate of drug-likeness (QED) is 0.533. The molecule has 0 bridgehead atoms. The lowest BCUT2D eigenvalue weighted by molar-refractivity contribution is 0.246. The Morgan fingerprint density at radius 2 is 1.58 bits per heavy atom. The van der Waals surface area contributed by atoms with E-state index in [1.807, 2.05) is 20.8 Å². The van der Waals surface area contributed by atoms with Crippen LogP contribution in [0.1, 0.15) is 54.4 Å². The normalized spacial score (nSPS) is 13.8. The Morgan fingerprint density at radius 3 is 1.67 bits per heavy atom. The van der Waals surface area contributed by atoms with Gasteiger partial charge in [0, 0.05) is 6.42 Å². The number of ether oxygens (including phenoxy) is 1. The predicted octanol–water partition coefficient (Wildman–Crippen LogP) is 4.14. The molecule has 0 saturated carbocycles. The minimum absolute atomic E-state index is 0.900. The zero-order valence-electron chi connectivity index (χ0n) is 9.53. The zero-order valence-corrected chi connectivity index (χ0v) is 9.53. The lowest BCUT2D eigenvalue weighted by Gasteiger charge is -1.91. The molecule has 0 N–H and O–H groups in total. The molecule has 0 aromatic carbocycles. The van der Waals surface area contributed by atoms with E-state index in [4.69, 9.17) is 4.74 Å². The van der Waals surface area contributed by atoms with Gasteiger partial charge in [-0.15, -0.1) is 0 Å². The largest absolute Gasteiger partial charge is 0.498 e. The molecular weight excluding hydrogens is 148 g/mol. The van der Waals surface area contributed by atoms with Crippen molar-refractivity contribution in [3.05, 3.63) is 11.3 Å². The fourth-order valence-corrected chi connectivity index (χ4v) is 0.656. The molecule has 1 aliphatic rings. The molecule has 0 saturated heterocycles. The summed E-state index contributed by atoms with van der Waals surface area (Å²) in [6.45, 7) is 13.3. The second-order valence-electron chi connectivity index (χ2n) is 2.64. The Balaban J connectivity index is 0. The molecule has 0 unspecified atom stereocenters. The van der Waals surface area contributed by atoms with E-state index < -0.39 is 0 Å². The van der Waals surface area contributed by atoms with E-state index in [9.17, 15) is 0 Å². The first-order chi connectivity index (χ1) is 5.72. The van der Waals surface area contributed by atoms with Crippen molar-refractivity contribution in [3.63, 3.8) is 0 Å². The maximum absolute atomic E-state index is 5.14. The van der Waals surface area contributed by atoms with E-state index in [-0.39, 0.29) is 0 Å². The fourth-order valence-electron chi connectivity index (χ4n) is 0.656. The molecule has 0 aromatic rings. The number of hydrogen-bond acceptors (Lipinski definition) is 1. The van der Waals surface area contributed by atoms with E-state index in [1.54, 1.807) is 0 Å². The van der Waals surface area contributed by atoms with Crippen molar-refractivity contribution in [2.75, 3.05) is 6.61 Å². The van der Waals surface area contributed by atoms with E-state index in [0.29, 0.717) is 0 Å². The average Bonchev–Trinajstić information content (AvgIpc) is 2.42. The third-order valence-corrected chi connectivity index (χ3v) is 1.40. The number of hydrogen-bond donors (Lipinski definition) is 0. The monoisotopic (exact) mass is 172 g/mol. The van der Waals surface area contributed by atoms with Gasteiger partial charge >= 0.3 is 0 Å². The van der Waals surface area contributed by atoms with Crippen LogP contribution in [-0.4, -0.2) is 6.61 Å². The predicted molar refractivity (Wildman–Crippen MR) is 56.3 cm³/mol. The van der Waals surface area contributed by atoms with Crippen molar-refractivity contribution in [1.82, 2.24) is 0 Å². The maximum atomic E-state index is 5.14. The highest BCUT2D eigenvalue weighted by atomic mass is 16.5. The van der Waals surface area contributed by atoms with Crippen molar-refractivity contribution in [1.29, 1.82) is 0 Å². The van der Waals surface area contributed by atoms with Gasteiger partial charge in [-0.3, -0.25) is 0 Å². The molecular formula is C11H24O. The third-order valence-electron chi connectivity index (χ3n) is 1.40. The summed E-state index contributed by atoms with van der Waals surface area (Å²) >= 11 is 0. The summed E-state index contributed by atoms with van der Waals surface area (Å²) in [6.07, 6.45) is 2.38. The van der Waals surface area contributed by atoms with Crippen LogP contribution in [0, 0.1) is 0 Å². The second-order valence-corrected chi connectivity index (χ2v) is 2.64. The Hall–Kier alpha value is -0.460. The summed E-state index contributed by atoms with van der Waals surface area (Å²) in [7, 11) is 0. The average molecular weight is 172 g/mol. The van der Waals surface area contributed by atoms with Gasteiger partial charge in [-0.2, -0.15) is 0 Å². The van der Waals surface area contributed by atoms with Crippen LogP contribution in [0.25, 0.3) is 0 Å². The highest BCUT2D eigenvalue weighted by Gasteiger charge is 2.04.